The van der Waals surface area contributed by atoms with E-state index in [4.69, 9.17) is 5.73 Å². The van der Waals surface area contributed by atoms with Crippen molar-refractivity contribution < 1.29 is 4.79 Å². The number of benzene rings is 1. The zero-order chi connectivity index (χ0) is 11.9. The van der Waals surface area contributed by atoms with Crippen LogP contribution < -0.4 is 16.2 Å². The smallest absolute Gasteiger partial charge is 0.240 e. The van der Waals surface area contributed by atoms with Crippen LogP contribution in [0.15, 0.2) is 24.3 Å². The lowest BCUT2D eigenvalue weighted by molar-refractivity contribution is -0.119. The van der Waals surface area contributed by atoms with Gasteiger partial charge in [0.25, 0.3) is 0 Å². The largest absolute Gasteiger partial charge is 0.321 e. The molecule has 4 heteroatoms. The Morgan fingerprint density at radius 3 is 2.76 bits per heavy atom. The first-order valence-electron chi connectivity index (χ1n) is 6.14. The van der Waals surface area contributed by atoms with Gasteiger partial charge in [0.15, 0.2) is 0 Å². The maximum absolute atomic E-state index is 11.2. The molecule has 17 heavy (non-hydrogen) atoms. The number of rotatable bonds is 2. The molecule has 1 aromatic carbocycles. The Kier molecular flexibility index (Phi) is 2.33. The predicted octanol–water partition coefficient (Wildman–Crippen LogP) is 1.27. The van der Waals surface area contributed by atoms with Crippen molar-refractivity contribution >= 4 is 11.6 Å². The monoisotopic (exact) mass is 231 g/mol. The average Bonchev–Trinajstić information content (AvgIpc) is 2.73. The van der Waals surface area contributed by atoms with Gasteiger partial charge in [0, 0.05) is 18.5 Å². The summed E-state index contributed by atoms with van der Waals surface area (Å²) in [7, 11) is 0. The third-order valence-electron chi connectivity index (χ3n) is 3.80. The second-order valence-corrected chi connectivity index (χ2v) is 5.00. The van der Waals surface area contributed by atoms with Crippen molar-refractivity contribution in [2.45, 2.75) is 31.2 Å². The first kappa shape index (κ1) is 10.6. The van der Waals surface area contributed by atoms with Crippen LogP contribution >= 0.6 is 0 Å². The minimum atomic E-state index is -0.139. The highest BCUT2D eigenvalue weighted by molar-refractivity contribution is 5.81. The van der Waals surface area contributed by atoms with Crippen molar-refractivity contribution in [1.82, 2.24) is 5.43 Å². The summed E-state index contributed by atoms with van der Waals surface area (Å²) in [6.45, 7) is 0.736. The molecule has 3 N–H and O–H groups in total. The molecule has 1 aliphatic heterocycles. The molecule has 1 aromatic rings. The zero-order valence-electron chi connectivity index (χ0n) is 9.78. The Hall–Kier alpha value is -1.55. The third kappa shape index (κ3) is 1.78. The van der Waals surface area contributed by atoms with E-state index in [9.17, 15) is 4.79 Å². The summed E-state index contributed by atoms with van der Waals surface area (Å²) in [5.41, 5.74) is 11.2. The van der Waals surface area contributed by atoms with Crippen molar-refractivity contribution in [2.75, 3.05) is 11.6 Å². The van der Waals surface area contributed by atoms with E-state index in [-0.39, 0.29) is 11.4 Å². The van der Waals surface area contributed by atoms with Gasteiger partial charge in [-0.15, -0.1) is 0 Å². The van der Waals surface area contributed by atoms with Crippen LogP contribution in [0.25, 0.3) is 0 Å². The third-order valence-corrected chi connectivity index (χ3v) is 3.80. The van der Waals surface area contributed by atoms with Crippen LogP contribution in [-0.4, -0.2) is 12.5 Å². The molecule has 3 rings (SSSR count). The van der Waals surface area contributed by atoms with E-state index in [1.807, 2.05) is 17.1 Å². The molecule has 4 nitrogen and oxygen atoms in total. The van der Waals surface area contributed by atoms with Crippen LogP contribution in [0.1, 0.15) is 31.2 Å². The quantitative estimate of drug-likeness (QED) is 0.805. The summed E-state index contributed by atoms with van der Waals surface area (Å²) in [4.78, 5) is 11.2. The molecule has 2 aliphatic rings. The number of amides is 1. The fourth-order valence-corrected chi connectivity index (χ4v) is 2.50. The number of hydrogen-bond donors (Lipinski definition) is 2. The molecule has 0 aromatic heterocycles. The van der Waals surface area contributed by atoms with Gasteiger partial charge in [-0.25, -0.2) is 0 Å². The van der Waals surface area contributed by atoms with Crippen LogP contribution in [0, 0.1) is 0 Å². The van der Waals surface area contributed by atoms with Crippen molar-refractivity contribution in [2.24, 2.45) is 5.73 Å². The number of carbonyl (C=O) groups is 1. The lowest BCUT2D eigenvalue weighted by Gasteiger charge is -2.39. The predicted molar refractivity (Wildman–Crippen MR) is 66.3 cm³/mol. The van der Waals surface area contributed by atoms with Crippen molar-refractivity contribution in [3.63, 3.8) is 0 Å². The minimum absolute atomic E-state index is 0.0847. The lowest BCUT2D eigenvalue weighted by Crippen LogP contribution is -2.43. The number of carbonyl (C=O) groups excluding carboxylic acids is 1. The second kappa shape index (κ2) is 3.74. The van der Waals surface area contributed by atoms with Gasteiger partial charge in [-0.2, -0.15) is 0 Å². The van der Waals surface area contributed by atoms with E-state index in [1.54, 1.807) is 0 Å². The molecule has 1 heterocycles. The van der Waals surface area contributed by atoms with Crippen LogP contribution in [-0.2, 0) is 10.3 Å². The Morgan fingerprint density at radius 1 is 1.35 bits per heavy atom. The Balaban J connectivity index is 1.86. The minimum Gasteiger partial charge on any atom is -0.321 e. The highest BCUT2D eigenvalue weighted by atomic mass is 16.2. The SMILES string of the molecule is NC1(c2cccc(N3CCC(=O)N3)c2)CCC1. The molecule has 0 unspecified atom stereocenters. The summed E-state index contributed by atoms with van der Waals surface area (Å²) < 4.78 is 0. The normalized spacial score (nSPS) is 22.2. The standard InChI is InChI=1S/C13H17N3O/c14-13(6-2-7-13)10-3-1-4-11(9-10)16-8-5-12(17)15-16/h1,3-4,9H,2,5-8,14H2,(H,15,17). The molecule has 0 spiro atoms. The van der Waals surface area contributed by atoms with E-state index in [0.29, 0.717) is 6.42 Å². The summed E-state index contributed by atoms with van der Waals surface area (Å²) in [6.07, 6.45) is 3.89. The van der Waals surface area contributed by atoms with Crippen LogP contribution in [0.4, 0.5) is 5.69 Å². The van der Waals surface area contributed by atoms with E-state index in [2.05, 4.69) is 17.6 Å². The summed E-state index contributed by atoms with van der Waals surface area (Å²) >= 11 is 0. The molecular weight excluding hydrogens is 214 g/mol. The molecule has 1 amide bonds. The Labute approximate surface area is 101 Å². The van der Waals surface area contributed by atoms with Gasteiger partial charge in [0.1, 0.15) is 0 Å². The number of hydrazine groups is 1. The van der Waals surface area contributed by atoms with Crippen molar-refractivity contribution in [3.8, 4) is 0 Å². The molecule has 0 atom stereocenters. The van der Waals surface area contributed by atoms with E-state index in [0.717, 1.165) is 25.1 Å². The van der Waals surface area contributed by atoms with Gasteiger partial charge < -0.3 is 5.73 Å². The molecule has 90 valence electrons. The number of nitrogens with zero attached hydrogens (tertiary/aromatic N) is 1. The molecular formula is C13H17N3O. The van der Waals surface area contributed by atoms with Gasteiger partial charge >= 0.3 is 0 Å². The number of hydrogen-bond acceptors (Lipinski definition) is 3. The Bertz CT molecular complexity index is 454. The molecule has 1 saturated heterocycles. The molecule has 0 bridgehead atoms. The summed E-state index contributed by atoms with van der Waals surface area (Å²) in [5.74, 6) is 0.0847. The first-order chi connectivity index (χ1) is 8.17. The first-order valence-corrected chi connectivity index (χ1v) is 6.14. The van der Waals surface area contributed by atoms with Gasteiger partial charge in [-0.3, -0.25) is 15.2 Å². The molecule has 1 saturated carbocycles. The summed E-state index contributed by atoms with van der Waals surface area (Å²) in [6, 6.07) is 8.21. The summed E-state index contributed by atoms with van der Waals surface area (Å²) in [5, 5.41) is 1.90. The fourth-order valence-electron chi connectivity index (χ4n) is 2.50. The lowest BCUT2D eigenvalue weighted by atomic mass is 9.73. The maximum Gasteiger partial charge on any atom is 0.240 e. The van der Waals surface area contributed by atoms with E-state index >= 15 is 0 Å². The second-order valence-electron chi connectivity index (χ2n) is 5.00. The number of anilines is 1. The Morgan fingerprint density at radius 2 is 2.18 bits per heavy atom. The maximum atomic E-state index is 11.2. The van der Waals surface area contributed by atoms with Crippen molar-refractivity contribution in [1.29, 1.82) is 0 Å². The van der Waals surface area contributed by atoms with E-state index < -0.39 is 0 Å². The highest BCUT2D eigenvalue weighted by Crippen LogP contribution is 2.39. The van der Waals surface area contributed by atoms with Crippen molar-refractivity contribution in [3.05, 3.63) is 29.8 Å². The van der Waals surface area contributed by atoms with Gasteiger partial charge in [0.2, 0.25) is 5.91 Å². The number of nitrogens with two attached hydrogens (primary N) is 1. The van der Waals surface area contributed by atoms with Gasteiger partial charge in [0.05, 0.1) is 5.69 Å². The number of nitrogens with one attached hydrogen (secondary N) is 1. The van der Waals surface area contributed by atoms with E-state index in [1.165, 1.54) is 12.0 Å². The van der Waals surface area contributed by atoms with Crippen LogP contribution in [0.5, 0.6) is 0 Å². The molecule has 1 aliphatic carbocycles. The highest BCUT2D eigenvalue weighted by Gasteiger charge is 2.34. The van der Waals surface area contributed by atoms with Gasteiger partial charge in [-0.1, -0.05) is 12.1 Å². The molecule has 2 fully saturated rings. The molecule has 0 radical (unpaired) electrons. The average molecular weight is 231 g/mol. The fraction of sp³-hybridized carbons (Fsp3) is 0.462. The van der Waals surface area contributed by atoms with Crippen LogP contribution in [0.3, 0.4) is 0 Å². The zero-order valence-corrected chi connectivity index (χ0v) is 9.78. The topological polar surface area (TPSA) is 58.4 Å². The van der Waals surface area contributed by atoms with Gasteiger partial charge in [-0.05, 0) is 37.0 Å². The van der Waals surface area contributed by atoms with Crippen LogP contribution in [0.2, 0.25) is 0 Å².